The van der Waals surface area contributed by atoms with Crippen LogP contribution >= 0.6 is 0 Å². The van der Waals surface area contributed by atoms with Crippen molar-refractivity contribution in [3.05, 3.63) is 44.5 Å². The zero-order chi connectivity index (χ0) is 25.2. The molecule has 4 aromatic carbocycles. The monoisotopic (exact) mass is 456 g/mol. The van der Waals surface area contributed by atoms with E-state index in [1.807, 2.05) is 0 Å². The zero-order valence-corrected chi connectivity index (χ0v) is 23.7. The number of nitrogens with zero attached hydrogens (tertiary/aromatic N) is 2. The van der Waals surface area contributed by atoms with Crippen LogP contribution in [0.15, 0.2) is 0 Å². The van der Waals surface area contributed by atoms with Crippen LogP contribution in [0.5, 0.6) is 0 Å². The van der Waals surface area contributed by atoms with Gasteiger partial charge in [0.25, 0.3) is 0 Å². The van der Waals surface area contributed by atoms with Crippen molar-refractivity contribution < 1.29 is 0 Å². The Morgan fingerprint density at radius 3 is 0.824 bits per heavy atom. The summed E-state index contributed by atoms with van der Waals surface area (Å²) in [7, 11) is 0. The molecule has 0 aliphatic carbocycles. The van der Waals surface area contributed by atoms with Crippen LogP contribution in [0.2, 0.25) is 0 Å². The second-order valence-corrected chi connectivity index (χ2v) is 10.3. The van der Waals surface area contributed by atoms with E-state index in [1.165, 1.54) is 88.2 Å². The average Bonchev–Trinajstić information content (AvgIpc) is 2.82. The standard InChI is InChI=1S/C32H44N2/c1-13-33(14-2)31-23(11)21(9)25-18(6)20(8)28-30-26(17(5)19(7)27(31)29(25)30)22(10)24(12)32(28)34(15-3)16-4/h13-16H2,1-12H3. The van der Waals surface area contributed by atoms with Gasteiger partial charge < -0.3 is 9.80 Å². The van der Waals surface area contributed by atoms with Gasteiger partial charge in [-0.05, 0) is 138 Å². The van der Waals surface area contributed by atoms with E-state index >= 15 is 0 Å². The van der Waals surface area contributed by atoms with Crippen LogP contribution in [-0.2, 0) is 0 Å². The van der Waals surface area contributed by atoms with E-state index in [0.717, 1.165) is 26.2 Å². The third kappa shape index (κ3) is 3.00. The molecule has 4 aromatic rings. The molecule has 0 saturated heterocycles. The lowest BCUT2D eigenvalue weighted by molar-refractivity contribution is 0.864. The predicted octanol–water partition coefficient (Wildman–Crippen LogP) is 8.74. The Hall–Kier alpha value is -2.48. The van der Waals surface area contributed by atoms with Gasteiger partial charge in [-0.2, -0.15) is 0 Å². The summed E-state index contributed by atoms with van der Waals surface area (Å²) in [5, 5.41) is 8.92. The first-order valence-corrected chi connectivity index (χ1v) is 13.3. The summed E-state index contributed by atoms with van der Waals surface area (Å²) < 4.78 is 0. The van der Waals surface area contributed by atoms with E-state index in [2.05, 4.69) is 92.9 Å². The van der Waals surface area contributed by atoms with Crippen LogP contribution in [0.25, 0.3) is 32.3 Å². The summed E-state index contributed by atoms with van der Waals surface area (Å²) in [6.07, 6.45) is 0. The number of hydrogen-bond donors (Lipinski definition) is 0. The molecule has 0 amide bonds. The van der Waals surface area contributed by atoms with Gasteiger partial charge in [0.05, 0.1) is 0 Å². The second kappa shape index (κ2) is 8.63. The van der Waals surface area contributed by atoms with Gasteiger partial charge in [0.1, 0.15) is 0 Å². The molecule has 0 atom stereocenters. The van der Waals surface area contributed by atoms with Gasteiger partial charge in [-0.25, -0.2) is 0 Å². The third-order valence-electron chi connectivity index (χ3n) is 9.09. The quantitative estimate of drug-likeness (QED) is 0.268. The van der Waals surface area contributed by atoms with Crippen molar-refractivity contribution >= 4 is 43.7 Å². The summed E-state index contributed by atoms with van der Waals surface area (Å²) in [6, 6.07) is 0. The minimum absolute atomic E-state index is 1.03. The lowest BCUT2D eigenvalue weighted by Crippen LogP contribution is -2.25. The van der Waals surface area contributed by atoms with Crippen molar-refractivity contribution in [2.75, 3.05) is 36.0 Å². The van der Waals surface area contributed by atoms with Gasteiger partial charge in [-0.3, -0.25) is 0 Å². The van der Waals surface area contributed by atoms with Gasteiger partial charge in [-0.1, -0.05) is 0 Å². The molecule has 2 heteroatoms. The molecule has 0 aliphatic rings. The molecule has 0 aliphatic heterocycles. The Morgan fingerprint density at radius 1 is 0.324 bits per heavy atom. The number of benzene rings is 4. The van der Waals surface area contributed by atoms with E-state index in [-0.39, 0.29) is 0 Å². The second-order valence-electron chi connectivity index (χ2n) is 10.3. The molecule has 0 N–H and O–H groups in total. The molecular formula is C32H44N2. The Kier molecular flexibility index (Phi) is 6.25. The van der Waals surface area contributed by atoms with E-state index < -0.39 is 0 Å². The van der Waals surface area contributed by atoms with Crippen molar-refractivity contribution in [1.29, 1.82) is 0 Å². The Morgan fingerprint density at radius 2 is 0.559 bits per heavy atom. The Bertz CT molecular complexity index is 1310. The molecule has 0 unspecified atom stereocenters. The highest BCUT2D eigenvalue weighted by Gasteiger charge is 2.28. The topological polar surface area (TPSA) is 6.48 Å². The van der Waals surface area contributed by atoms with Crippen molar-refractivity contribution in [2.45, 2.75) is 83.1 Å². The first-order valence-electron chi connectivity index (χ1n) is 13.3. The van der Waals surface area contributed by atoms with E-state index in [4.69, 9.17) is 0 Å². The number of hydrogen-bond acceptors (Lipinski definition) is 2. The van der Waals surface area contributed by atoms with Gasteiger partial charge >= 0.3 is 0 Å². The van der Waals surface area contributed by atoms with E-state index in [1.54, 1.807) is 0 Å². The van der Waals surface area contributed by atoms with Gasteiger partial charge in [-0.15, -0.1) is 0 Å². The van der Waals surface area contributed by atoms with E-state index in [9.17, 15) is 0 Å². The number of rotatable bonds is 6. The summed E-state index contributed by atoms with van der Waals surface area (Å²) in [6.45, 7) is 32.1. The number of anilines is 2. The van der Waals surface area contributed by atoms with Crippen LogP contribution < -0.4 is 9.80 Å². The number of aryl methyl sites for hydroxylation is 6. The highest BCUT2D eigenvalue weighted by molar-refractivity contribution is 6.32. The smallest absolute Gasteiger partial charge is 0.0481 e. The SMILES string of the molecule is CCN(CC)c1c(C)c(C)c2c(C)c(C)c3c(N(CC)CC)c(C)c(C)c4c(C)c(C)c1c2c43. The fourth-order valence-corrected chi connectivity index (χ4v) is 6.75. The van der Waals surface area contributed by atoms with Gasteiger partial charge in [0.15, 0.2) is 0 Å². The fourth-order valence-electron chi connectivity index (χ4n) is 6.75. The van der Waals surface area contributed by atoms with Gasteiger partial charge in [0, 0.05) is 59.1 Å². The van der Waals surface area contributed by atoms with Crippen LogP contribution in [0.4, 0.5) is 11.4 Å². The minimum atomic E-state index is 1.03. The molecule has 182 valence electrons. The molecule has 0 saturated carbocycles. The van der Waals surface area contributed by atoms with Crippen molar-refractivity contribution in [3.8, 4) is 0 Å². The Labute approximate surface area is 207 Å². The summed E-state index contributed by atoms with van der Waals surface area (Å²) >= 11 is 0. The van der Waals surface area contributed by atoms with Crippen LogP contribution in [0.1, 0.15) is 72.2 Å². The summed E-state index contributed by atoms with van der Waals surface area (Å²) in [4.78, 5) is 5.15. The van der Waals surface area contributed by atoms with Gasteiger partial charge in [0.2, 0.25) is 0 Å². The molecule has 2 nitrogen and oxygen atoms in total. The van der Waals surface area contributed by atoms with Crippen molar-refractivity contribution in [2.24, 2.45) is 0 Å². The largest absolute Gasteiger partial charge is 0.371 e. The lowest BCUT2D eigenvalue weighted by atomic mass is 9.78. The molecule has 0 heterocycles. The highest BCUT2D eigenvalue weighted by Crippen LogP contribution is 2.52. The minimum Gasteiger partial charge on any atom is -0.371 e. The fraction of sp³-hybridized carbons (Fsp3) is 0.500. The lowest BCUT2D eigenvalue weighted by Gasteiger charge is -2.34. The van der Waals surface area contributed by atoms with Crippen LogP contribution in [0, 0.1) is 55.4 Å². The molecular weight excluding hydrogens is 412 g/mol. The summed E-state index contributed by atoms with van der Waals surface area (Å²) in [5.41, 5.74) is 14.5. The zero-order valence-electron chi connectivity index (χ0n) is 23.7. The first-order chi connectivity index (χ1) is 16.1. The average molecular weight is 457 g/mol. The van der Waals surface area contributed by atoms with E-state index in [0.29, 0.717) is 0 Å². The third-order valence-corrected chi connectivity index (χ3v) is 9.09. The molecule has 0 spiro atoms. The molecule has 0 aromatic heterocycles. The highest BCUT2D eigenvalue weighted by atomic mass is 15.1. The maximum atomic E-state index is 2.58. The van der Waals surface area contributed by atoms with Crippen molar-refractivity contribution in [1.82, 2.24) is 0 Å². The molecule has 0 radical (unpaired) electrons. The normalized spacial score (nSPS) is 12.0. The molecule has 34 heavy (non-hydrogen) atoms. The molecule has 0 fully saturated rings. The van der Waals surface area contributed by atoms with Crippen molar-refractivity contribution in [3.63, 3.8) is 0 Å². The maximum absolute atomic E-state index is 2.58. The predicted molar refractivity (Wildman–Crippen MR) is 155 cm³/mol. The maximum Gasteiger partial charge on any atom is 0.0481 e. The van der Waals surface area contributed by atoms with Crippen LogP contribution in [-0.4, -0.2) is 26.2 Å². The molecule has 0 bridgehead atoms. The van der Waals surface area contributed by atoms with Crippen LogP contribution in [0.3, 0.4) is 0 Å². The molecule has 4 rings (SSSR count). The Balaban J connectivity index is 2.50. The summed E-state index contributed by atoms with van der Waals surface area (Å²) in [5.74, 6) is 0. The first kappa shape index (κ1) is 24.6.